The highest BCUT2D eigenvalue weighted by molar-refractivity contribution is 5.40. The van der Waals surface area contributed by atoms with Crippen LogP contribution in [0.1, 0.15) is 74.0 Å². The lowest BCUT2D eigenvalue weighted by Gasteiger charge is -2.21. The number of rotatable bonds is 2. The highest BCUT2D eigenvalue weighted by atomic mass is 14.3. The fourth-order valence-electron chi connectivity index (χ4n) is 3.65. The summed E-state index contributed by atoms with van der Waals surface area (Å²) in [6.07, 6.45) is 8.69. The van der Waals surface area contributed by atoms with E-state index in [0.717, 1.165) is 17.8 Å². The normalized spacial score (nSPS) is 28.6. The topological polar surface area (TPSA) is 0 Å². The van der Waals surface area contributed by atoms with Gasteiger partial charge in [-0.25, -0.2) is 0 Å². The van der Waals surface area contributed by atoms with Gasteiger partial charge >= 0.3 is 0 Å². The summed E-state index contributed by atoms with van der Waals surface area (Å²) in [6, 6.07) is 6.96. The molecule has 17 heavy (non-hydrogen) atoms. The summed E-state index contributed by atoms with van der Waals surface area (Å²) >= 11 is 0. The molecule has 2 aliphatic rings. The van der Waals surface area contributed by atoms with Gasteiger partial charge < -0.3 is 0 Å². The van der Waals surface area contributed by atoms with Crippen LogP contribution in [0.5, 0.6) is 0 Å². The van der Waals surface area contributed by atoms with E-state index in [9.17, 15) is 0 Å². The molecule has 92 valence electrons. The van der Waals surface area contributed by atoms with Gasteiger partial charge in [0.2, 0.25) is 0 Å². The summed E-state index contributed by atoms with van der Waals surface area (Å²) in [7, 11) is 0. The van der Waals surface area contributed by atoms with Gasteiger partial charge in [0.15, 0.2) is 0 Å². The number of hydrogen-bond acceptors (Lipinski definition) is 0. The number of benzene rings is 1. The van der Waals surface area contributed by atoms with Crippen molar-refractivity contribution in [2.45, 2.75) is 64.2 Å². The minimum Gasteiger partial charge on any atom is -0.0617 e. The first-order valence-corrected chi connectivity index (χ1v) is 7.35. The monoisotopic (exact) mass is 228 g/mol. The third-order valence-corrected chi connectivity index (χ3v) is 4.80. The molecule has 1 aromatic rings. The Morgan fingerprint density at radius 1 is 1.12 bits per heavy atom. The van der Waals surface area contributed by atoms with Crippen LogP contribution in [-0.2, 0) is 0 Å². The molecule has 0 aromatic heterocycles. The molecule has 2 aliphatic carbocycles. The van der Waals surface area contributed by atoms with Crippen molar-refractivity contribution in [3.05, 3.63) is 34.9 Å². The average molecular weight is 228 g/mol. The van der Waals surface area contributed by atoms with Crippen molar-refractivity contribution in [2.24, 2.45) is 5.92 Å². The van der Waals surface area contributed by atoms with Crippen LogP contribution >= 0.6 is 0 Å². The van der Waals surface area contributed by atoms with Crippen molar-refractivity contribution in [1.82, 2.24) is 0 Å². The molecule has 2 unspecified atom stereocenters. The summed E-state index contributed by atoms with van der Waals surface area (Å²) < 4.78 is 0. The minimum atomic E-state index is 0.772. The molecule has 1 aromatic carbocycles. The summed E-state index contributed by atoms with van der Waals surface area (Å²) in [5.41, 5.74) is 4.93. The van der Waals surface area contributed by atoms with Gasteiger partial charge in [-0.3, -0.25) is 0 Å². The molecule has 0 heteroatoms. The van der Waals surface area contributed by atoms with Crippen molar-refractivity contribution in [2.75, 3.05) is 0 Å². The lowest BCUT2D eigenvalue weighted by molar-refractivity contribution is 0.519. The Bertz CT molecular complexity index is 400. The van der Waals surface area contributed by atoms with Gasteiger partial charge in [-0.15, -0.1) is 0 Å². The Morgan fingerprint density at radius 2 is 1.94 bits per heavy atom. The van der Waals surface area contributed by atoms with Crippen LogP contribution in [0.4, 0.5) is 0 Å². The maximum Gasteiger partial charge on any atom is -0.0154 e. The van der Waals surface area contributed by atoms with Crippen molar-refractivity contribution in [3.63, 3.8) is 0 Å². The van der Waals surface area contributed by atoms with Gasteiger partial charge in [0, 0.05) is 0 Å². The molecule has 0 bridgehead atoms. The van der Waals surface area contributed by atoms with E-state index in [1.165, 1.54) is 38.5 Å². The molecule has 0 saturated heterocycles. The fourth-order valence-corrected chi connectivity index (χ4v) is 3.65. The van der Waals surface area contributed by atoms with Crippen molar-refractivity contribution < 1.29 is 0 Å². The predicted molar refractivity (Wildman–Crippen MR) is 73.5 cm³/mol. The van der Waals surface area contributed by atoms with Crippen LogP contribution in [0.3, 0.4) is 0 Å². The Hall–Kier alpha value is -0.780. The maximum absolute atomic E-state index is 2.41. The van der Waals surface area contributed by atoms with Gasteiger partial charge in [-0.2, -0.15) is 0 Å². The van der Waals surface area contributed by atoms with Crippen LogP contribution in [0, 0.1) is 12.8 Å². The second kappa shape index (κ2) is 4.48. The van der Waals surface area contributed by atoms with Crippen molar-refractivity contribution in [3.8, 4) is 0 Å². The fraction of sp³-hybridized carbons (Fsp3) is 0.647. The SMILES string of the molecule is Cc1cccc2c1C(CC1CC1)CCCC2C. The molecule has 2 atom stereocenters. The van der Waals surface area contributed by atoms with E-state index < -0.39 is 0 Å². The van der Waals surface area contributed by atoms with Gasteiger partial charge in [0.1, 0.15) is 0 Å². The molecule has 0 radical (unpaired) electrons. The summed E-state index contributed by atoms with van der Waals surface area (Å²) in [6.45, 7) is 4.73. The van der Waals surface area contributed by atoms with Crippen LogP contribution in [-0.4, -0.2) is 0 Å². The largest absolute Gasteiger partial charge is 0.0617 e. The molecular formula is C17H24. The van der Waals surface area contributed by atoms with Crippen LogP contribution in [0.15, 0.2) is 18.2 Å². The van der Waals surface area contributed by atoms with E-state index >= 15 is 0 Å². The van der Waals surface area contributed by atoms with Gasteiger partial charge in [0.25, 0.3) is 0 Å². The van der Waals surface area contributed by atoms with Gasteiger partial charge in [0.05, 0.1) is 0 Å². The molecule has 0 amide bonds. The molecule has 0 nitrogen and oxygen atoms in total. The smallest absolute Gasteiger partial charge is 0.0154 e. The predicted octanol–water partition coefficient (Wildman–Crippen LogP) is 5.17. The Morgan fingerprint density at radius 3 is 2.71 bits per heavy atom. The molecular weight excluding hydrogens is 204 g/mol. The number of hydrogen-bond donors (Lipinski definition) is 0. The van der Waals surface area contributed by atoms with Gasteiger partial charge in [-0.1, -0.05) is 44.4 Å². The van der Waals surface area contributed by atoms with Crippen LogP contribution in [0.25, 0.3) is 0 Å². The number of fused-ring (bicyclic) bond motifs is 1. The minimum absolute atomic E-state index is 0.772. The maximum atomic E-state index is 2.41. The third kappa shape index (κ3) is 2.27. The lowest BCUT2D eigenvalue weighted by Crippen LogP contribution is -2.05. The zero-order valence-electron chi connectivity index (χ0n) is 11.2. The average Bonchev–Trinajstić information content (AvgIpc) is 3.11. The second-order valence-corrected chi connectivity index (χ2v) is 6.29. The molecule has 0 N–H and O–H groups in total. The summed E-state index contributed by atoms with van der Waals surface area (Å²) in [4.78, 5) is 0. The summed E-state index contributed by atoms with van der Waals surface area (Å²) in [5, 5.41) is 0. The summed E-state index contributed by atoms with van der Waals surface area (Å²) in [5.74, 6) is 2.69. The van der Waals surface area contributed by atoms with E-state index in [-0.39, 0.29) is 0 Å². The number of aryl methyl sites for hydroxylation is 1. The highest BCUT2D eigenvalue weighted by Crippen LogP contribution is 2.45. The Kier molecular flexibility index (Phi) is 2.98. The van der Waals surface area contributed by atoms with E-state index in [2.05, 4.69) is 32.0 Å². The zero-order valence-corrected chi connectivity index (χ0v) is 11.2. The first-order valence-electron chi connectivity index (χ1n) is 7.35. The van der Waals surface area contributed by atoms with E-state index in [1.807, 2.05) is 0 Å². The molecule has 3 rings (SSSR count). The Labute approximate surface area is 105 Å². The van der Waals surface area contributed by atoms with E-state index in [4.69, 9.17) is 0 Å². The standard InChI is InChI=1S/C17H24/c1-12-5-3-7-15(11-14-9-10-14)17-13(2)6-4-8-16(12)17/h4,6,8,12,14-15H,3,5,7,9-11H2,1-2H3. The second-order valence-electron chi connectivity index (χ2n) is 6.29. The molecule has 0 aliphatic heterocycles. The van der Waals surface area contributed by atoms with Crippen molar-refractivity contribution in [1.29, 1.82) is 0 Å². The van der Waals surface area contributed by atoms with E-state index in [1.54, 1.807) is 16.7 Å². The molecule has 1 fully saturated rings. The zero-order chi connectivity index (χ0) is 11.8. The molecule has 0 spiro atoms. The van der Waals surface area contributed by atoms with Gasteiger partial charge in [-0.05, 0) is 60.6 Å². The quantitative estimate of drug-likeness (QED) is 0.613. The van der Waals surface area contributed by atoms with Crippen LogP contribution in [0.2, 0.25) is 0 Å². The Balaban J connectivity index is 1.98. The van der Waals surface area contributed by atoms with E-state index in [0.29, 0.717) is 0 Å². The third-order valence-electron chi connectivity index (χ3n) is 4.80. The van der Waals surface area contributed by atoms with Crippen molar-refractivity contribution >= 4 is 0 Å². The molecule has 1 saturated carbocycles. The molecule has 0 heterocycles. The first kappa shape index (κ1) is 11.3. The van der Waals surface area contributed by atoms with Crippen LogP contribution < -0.4 is 0 Å². The first-order chi connectivity index (χ1) is 8.25. The highest BCUT2D eigenvalue weighted by Gasteiger charge is 2.30. The lowest BCUT2D eigenvalue weighted by atomic mass is 9.84.